The van der Waals surface area contributed by atoms with Crippen LogP contribution in [0.25, 0.3) is 0 Å². The lowest BCUT2D eigenvalue weighted by atomic mass is 9.97. The van der Waals surface area contributed by atoms with Gasteiger partial charge in [0.15, 0.2) is 5.78 Å². The molecule has 1 aliphatic carbocycles. The maximum atomic E-state index is 11.4. The molecule has 74 valence electrons. The number of fused-ring (bicyclic) bond motifs is 1. The van der Waals surface area contributed by atoms with Crippen LogP contribution in [0.3, 0.4) is 0 Å². The summed E-state index contributed by atoms with van der Waals surface area (Å²) >= 11 is 0. The molecule has 0 fully saturated rings. The molecule has 0 aliphatic heterocycles. The van der Waals surface area contributed by atoms with E-state index in [-0.39, 0.29) is 12.3 Å². The second-order valence-corrected chi connectivity index (χ2v) is 3.47. The fourth-order valence-electron chi connectivity index (χ4n) is 1.88. The molecule has 0 atom stereocenters. The third-order valence-corrected chi connectivity index (χ3v) is 2.50. The van der Waals surface area contributed by atoms with E-state index in [4.69, 9.17) is 5.11 Å². The number of aliphatic carboxylic acids is 1. The van der Waals surface area contributed by atoms with Crippen molar-refractivity contribution in [2.24, 2.45) is 0 Å². The fourth-order valence-corrected chi connectivity index (χ4v) is 1.88. The van der Waals surface area contributed by atoms with Crippen molar-refractivity contribution in [1.82, 2.24) is 4.57 Å². The van der Waals surface area contributed by atoms with E-state index in [0.717, 1.165) is 18.5 Å². The van der Waals surface area contributed by atoms with E-state index >= 15 is 0 Å². The first-order chi connectivity index (χ1) is 6.68. The number of ketones is 1. The Kier molecular flexibility index (Phi) is 2.11. The van der Waals surface area contributed by atoms with E-state index in [1.54, 1.807) is 16.8 Å². The summed E-state index contributed by atoms with van der Waals surface area (Å²) < 4.78 is 1.65. The van der Waals surface area contributed by atoms with Crippen molar-refractivity contribution >= 4 is 11.8 Å². The van der Waals surface area contributed by atoms with Crippen LogP contribution in [-0.2, 0) is 17.8 Å². The number of hydrogen-bond donors (Lipinski definition) is 1. The van der Waals surface area contributed by atoms with Crippen molar-refractivity contribution < 1.29 is 14.7 Å². The first-order valence-electron chi connectivity index (χ1n) is 4.61. The second kappa shape index (κ2) is 3.29. The van der Waals surface area contributed by atoms with E-state index in [1.165, 1.54) is 0 Å². The van der Waals surface area contributed by atoms with Crippen molar-refractivity contribution in [2.75, 3.05) is 0 Å². The summed E-state index contributed by atoms with van der Waals surface area (Å²) in [5.41, 5.74) is 1.58. The molecule has 4 heteroatoms. The Morgan fingerprint density at radius 2 is 2.29 bits per heavy atom. The van der Waals surface area contributed by atoms with Gasteiger partial charge in [0.05, 0.1) is 0 Å². The molecule has 1 heterocycles. The highest BCUT2D eigenvalue weighted by Gasteiger charge is 2.20. The predicted molar refractivity (Wildman–Crippen MR) is 49.3 cm³/mol. The van der Waals surface area contributed by atoms with Crippen LogP contribution in [0.1, 0.15) is 28.9 Å². The quantitative estimate of drug-likeness (QED) is 0.764. The lowest BCUT2D eigenvalue weighted by molar-refractivity contribution is -0.137. The monoisotopic (exact) mass is 193 g/mol. The largest absolute Gasteiger partial charge is 0.480 e. The van der Waals surface area contributed by atoms with Crippen LogP contribution < -0.4 is 0 Å². The topological polar surface area (TPSA) is 59.3 Å². The Labute approximate surface area is 81.2 Å². The van der Waals surface area contributed by atoms with Gasteiger partial charge in [-0.25, -0.2) is 0 Å². The minimum atomic E-state index is -0.874. The summed E-state index contributed by atoms with van der Waals surface area (Å²) in [5, 5.41) is 8.65. The molecule has 4 nitrogen and oxygen atoms in total. The third kappa shape index (κ3) is 1.43. The Morgan fingerprint density at radius 1 is 1.50 bits per heavy atom. The number of rotatable bonds is 2. The first kappa shape index (κ1) is 8.99. The number of aromatic nitrogens is 1. The smallest absolute Gasteiger partial charge is 0.323 e. The zero-order valence-corrected chi connectivity index (χ0v) is 7.69. The summed E-state index contributed by atoms with van der Waals surface area (Å²) in [6, 6.07) is 1.72. The van der Waals surface area contributed by atoms with Gasteiger partial charge >= 0.3 is 5.97 Å². The summed E-state index contributed by atoms with van der Waals surface area (Å²) in [4.78, 5) is 22.0. The van der Waals surface area contributed by atoms with Gasteiger partial charge in [0.1, 0.15) is 6.54 Å². The number of carboxylic acid groups (broad SMARTS) is 1. The standard InChI is InChI=1S/C10H11NO3/c12-9-3-1-2-8-7(9)4-5-11(8)6-10(13)14/h4-5H,1-3,6H2,(H,13,14). The van der Waals surface area contributed by atoms with Crippen LogP contribution in [0.5, 0.6) is 0 Å². The molecule has 0 saturated heterocycles. The fraction of sp³-hybridized carbons (Fsp3) is 0.400. The number of nitrogens with zero attached hydrogens (tertiary/aromatic N) is 1. The van der Waals surface area contributed by atoms with Gasteiger partial charge < -0.3 is 9.67 Å². The van der Waals surface area contributed by atoms with Gasteiger partial charge in [0, 0.05) is 23.9 Å². The lowest BCUT2D eigenvalue weighted by Crippen LogP contribution is -2.16. The Balaban J connectivity index is 2.35. The van der Waals surface area contributed by atoms with Crippen LogP contribution in [-0.4, -0.2) is 21.4 Å². The van der Waals surface area contributed by atoms with Crippen molar-refractivity contribution in [3.05, 3.63) is 23.5 Å². The Morgan fingerprint density at radius 3 is 3.00 bits per heavy atom. The van der Waals surface area contributed by atoms with Gasteiger partial charge in [-0.2, -0.15) is 0 Å². The highest BCUT2D eigenvalue weighted by molar-refractivity contribution is 5.98. The maximum Gasteiger partial charge on any atom is 0.323 e. The average molecular weight is 193 g/mol. The van der Waals surface area contributed by atoms with Crippen molar-refractivity contribution in [3.8, 4) is 0 Å². The molecule has 0 bridgehead atoms. The van der Waals surface area contributed by atoms with Gasteiger partial charge in [-0.3, -0.25) is 9.59 Å². The van der Waals surface area contributed by atoms with Gasteiger partial charge in [-0.1, -0.05) is 0 Å². The molecule has 0 amide bonds. The van der Waals surface area contributed by atoms with Crippen LogP contribution in [0, 0.1) is 0 Å². The van der Waals surface area contributed by atoms with Crippen molar-refractivity contribution in [2.45, 2.75) is 25.8 Å². The number of carbonyl (C=O) groups excluding carboxylic acids is 1. The van der Waals surface area contributed by atoms with Crippen LogP contribution in [0.15, 0.2) is 12.3 Å². The summed E-state index contributed by atoms with van der Waals surface area (Å²) in [6.07, 6.45) is 3.91. The highest BCUT2D eigenvalue weighted by Crippen LogP contribution is 2.22. The van der Waals surface area contributed by atoms with Crippen LogP contribution >= 0.6 is 0 Å². The highest BCUT2D eigenvalue weighted by atomic mass is 16.4. The molecule has 1 aliphatic rings. The summed E-state index contributed by atoms with van der Waals surface area (Å²) in [5.74, 6) is -0.739. The molecule has 0 unspecified atom stereocenters. The number of hydrogen-bond acceptors (Lipinski definition) is 2. The zero-order valence-electron chi connectivity index (χ0n) is 7.69. The number of carboxylic acids is 1. The molecule has 1 N–H and O–H groups in total. The lowest BCUT2D eigenvalue weighted by Gasteiger charge is -2.13. The predicted octanol–water partition coefficient (Wildman–Crippen LogP) is 1.09. The van der Waals surface area contributed by atoms with Gasteiger partial charge in [0.2, 0.25) is 0 Å². The van der Waals surface area contributed by atoms with Crippen LogP contribution in [0.4, 0.5) is 0 Å². The number of carbonyl (C=O) groups is 2. The molecule has 0 aromatic carbocycles. The summed E-state index contributed by atoms with van der Waals surface area (Å²) in [6.45, 7) is -0.0530. The molecule has 2 rings (SSSR count). The third-order valence-electron chi connectivity index (χ3n) is 2.50. The summed E-state index contributed by atoms with van der Waals surface area (Å²) in [7, 11) is 0. The van der Waals surface area contributed by atoms with E-state index < -0.39 is 5.97 Å². The molecule has 0 spiro atoms. The molecule has 14 heavy (non-hydrogen) atoms. The van der Waals surface area contributed by atoms with E-state index in [0.29, 0.717) is 12.0 Å². The van der Waals surface area contributed by atoms with Crippen LogP contribution in [0.2, 0.25) is 0 Å². The molecule has 0 radical (unpaired) electrons. The normalized spacial score (nSPS) is 15.3. The molecule has 0 saturated carbocycles. The van der Waals surface area contributed by atoms with Crippen molar-refractivity contribution in [1.29, 1.82) is 0 Å². The Bertz CT molecular complexity index is 392. The molecule has 1 aromatic heterocycles. The Hall–Kier alpha value is -1.58. The van der Waals surface area contributed by atoms with Crippen molar-refractivity contribution in [3.63, 3.8) is 0 Å². The van der Waals surface area contributed by atoms with E-state index in [9.17, 15) is 9.59 Å². The molecule has 1 aromatic rings. The van der Waals surface area contributed by atoms with Gasteiger partial charge in [0.25, 0.3) is 0 Å². The SMILES string of the molecule is O=C(O)Cn1ccc2c1CCCC2=O. The molecular weight excluding hydrogens is 182 g/mol. The van der Waals surface area contributed by atoms with Gasteiger partial charge in [-0.15, -0.1) is 0 Å². The number of Topliss-reactive ketones (excluding diaryl/α,β-unsaturated/α-hetero) is 1. The minimum Gasteiger partial charge on any atom is -0.480 e. The maximum absolute atomic E-state index is 11.4. The van der Waals surface area contributed by atoms with E-state index in [2.05, 4.69) is 0 Å². The van der Waals surface area contributed by atoms with E-state index in [1.807, 2.05) is 0 Å². The zero-order chi connectivity index (χ0) is 10.1. The second-order valence-electron chi connectivity index (χ2n) is 3.47. The molecular formula is C10H11NO3. The first-order valence-corrected chi connectivity index (χ1v) is 4.61. The average Bonchev–Trinajstić information content (AvgIpc) is 2.49. The minimum absolute atomic E-state index is 0.0530. The van der Waals surface area contributed by atoms with Gasteiger partial charge in [-0.05, 0) is 18.9 Å².